The first-order chi connectivity index (χ1) is 7.36. The lowest BCUT2D eigenvalue weighted by atomic mass is 10.3. The van der Waals surface area contributed by atoms with Crippen LogP contribution in [0.4, 0.5) is 5.69 Å². The van der Waals surface area contributed by atoms with Crippen LogP contribution in [0.25, 0.3) is 0 Å². The van der Waals surface area contributed by atoms with Gasteiger partial charge in [0.2, 0.25) is 0 Å². The summed E-state index contributed by atoms with van der Waals surface area (Å²) < 4.78 is 1.32. The van der Waals surface area contributed by atoms with E-state index >= 15 is 0 Å². The average molecular weight is 214 g/mol. The van der Waals surface area contributed by atoms with Crippen LogP contribution in [0.1, 0.15) is 0 Å². The molecule has 0 amide bonds. The summed E-state index contributed by atoms with van der Waals surface area (Å²) >= 11 is 0. The molecule has 0 spiro atoms. The van der Waals surface area contributed by atoms with Gasteiger partial charge in [0, 0.05) is 21.8 Å². The number of aromatic nitrogens is 1. The molecular weight excluding hydrogens is 204 g/mol. The summed E-state index contributed by atoms with van der Waals surface area (Å²) in [7, 11) is 0.104. The van der Waals surface area contributed by atoms with Crippen LogP contribution in [0.3, 0.4) is 0 Å². The van der Waals surface area contributed by atoms with Gasteiger partial charge in [-0.2, -0.15) is 0 Å². The number of nitrogens with zero attached hydrogens (tertiary/aromatic N) is 2. The molecule has 0 saturated heterocycles. The van der Waals surface area contributed by atoms with Gasteiger partial charge in [0.05, 0.1) is 11.0 Å². The summed E-state index contributed by atoms with van der Waals surface area (Å²) in [6.45, 7) is 0. The van der Waals surface area contributed by atoms with Crippen molar-refractivity contribution in [3.8, 4) is 0 Å². The number of hydrogen-bond donors (Lipinski definition) is 0. The molecule has 1 atom stereocenters. The Morgan fingerprint density at radius 1 is 1.13 bits per heavy atom. The number of fused-ring (bicyclic) bond motifs is 2. The summed E-state index contributed by atoms with van der Waals surface area (Å²) in [5, 5.41) is 1.10. The van der Waals surface area contributed by atoms with Crippen molar-refractivity contribution < 1.29 is 0 Å². The third kappa shape index (κ3) is 1.31. The molecule has 2 aromatic rings. The van der Waals surface area contributed by atoms with Gasteiger partial charge < -0.3 is 0 Å². The molecule has 1 aliphatic rings. The Labute approximate surface area is 90.3 Å². The first kappa shape index (κ1) is 8.80. The highest BCUT2D eigenvalue weighted by Crippen LogP contribution is 2.35. The highest BCUT2D eigenvalue weighted by molar-refractivity contribution is 8.09. The molecule has 15 heavy (non-hydrogen) atoms. The minimum Gasteiger partial charge on any atom is -0.263 e. The molecule has 0 N–H and O–H groups in total. The van der Waals surface area contributed by atoms with Crippen LogP contribution in [0, 0.1) is 4.51 Å². The molecule has 1 aromatic heterocycles. The second-order valence-corrected chi connectivity index (χ2v) is 5.33. The normalized spacial score (nSPS) is 17.5. The number of rotatable bonds is 0. The van der Waals surface area contributed by atoms with E-state index in [1.807, 2.05) is 18.3 Å². The molecule has 1 aromatic carbocycles. The second-order valence-electron chi connectivity index (χ2n) is 3.43. The van der Waals surface area contributed by atoms with Crippen molar-refractivity contribution in [3.63, 3.8) is 0 Å². The van der Waals surface area contributed by atoms with E-state index in [0.717, 1.165) is 11.0 Å². The van der Waals surface area contributed by atoms with E-state index in [1.165, 1.54) is 9.41 Å². The maximum absolute atomic E-state index is 4.63. The molecule has 0 fully saturated rings. The van der Waals surface area contributed by atoms with E-state index in [4.69, 9.17) is 0 Å². The average Bonchev–Trinajstić information content (AvgIpc) is 2.30. The van der Waals surface area contributed by atoms with E-state index < -0.39 is 0 Å². The van der Waals surface area contributed by atoms with E-state index in [2.05, 4.69) is 34.4 Å². The largest absolute Gasteiger partial charge is 0.263 e. The van der Waals surface area contributed by atoms with Gasteiger partial charge in [-0.15, -0.1) is 10.5 Å². The van der Waals surface area contributed by atoms with Crippen molar-refractivity contribution >= 4 is 16.2 Å². The Morgan fingerprint density at radius 3 is 2.93 bits per heavy atom. The fourth-order valence-corrected chi connectivity index (χ4v) is 3.35. The highest BCUT2D eigenvalue weighted by Gasteiger charge is 2.07. The first-order valence-electron chi connectivity index (χ1n) is 4.77. The van der Waals surface area contributed by atoms with Crippen LogP contribution in [-0.4, -0.2) is 11.2 Å². The van der Waals surface area contributed by atoms with Gasteiger partial charge in [-0.3, -0.25) is 4.98 Å². The van der Waals surface area contributed by atoms with Crippen LogP contribution < -0.4 is 5.36 Å². The maximum atomic E-state index is 4.63. The Balaban J connectivity index is 2.50. The molecule has 0 aliphatic carbocycles. The standard InChI is InChI=1S/C12H10N2S/c1-15-11-5-3-2-4-9(11)14-10-6-7-13-8-12(10)15/h2-8H,1H3. The topological polar surface area (TPSA) is 25.2 Å². The summed E-state index contributed by atoms with van der Waals surface area (Å²) in [6.07, 6.45) is 5.96. The molecule has 2 nitrogen and oxygen atoms in total. The first-order valence-corrected chi connectivity index (χ1v) is 6.40. The van der Waals surface area contributed by atoms with Gasteiger partial charge in [0.25, 0.3) is 0 Å². The number of hydrogen-bond acceptors (Lipinski definition) is 2. The fraction of sp³-hybridized carbons (Fsp3) is 0.0833. The molecule has 0 radical (unpaired) electrons. The lowest BCUT2D eigenvalue weighted by molar-refractivity contribution is 1.17. The minimum atomic E-state index is 0.104. The summed E-state index contributed by atoms with van der Waals surface area (Å²) in [6, 6.07) is 10.3. The molecule has 3 rings (SSSR count). The predicted molar refractivity (Wildman–Crippen MR) is 62.1 cm³/mol. The van der Waals surface area contributed by atoms with Gasteiger partial charge in [-0.25, -0.2) is 4.99 Å². The van der Waals surface area contributed by atoms with Crippen LogP contribution in [0.2, 0.25) is 0 Å². The second kappa shape index (κ2) is 3.28. The zero-order valence-electron chi connectivity index (χ0n) is 8.34. The molecule has 1 aliphatic heterocycles. The Bertz CT molecular complexity index is 647. The SMILES string of the molecule is CS1=c2ccccc2=Nc2ccncc21. The molecule has 1 unspecified atom stereocenters. The summed E-state index contributed by atoms with van der Waals surface area (Å²) in [5.74, 6) is 0. The van der Waals surface area contributed by atoms with Crippen LogP contribution in [0.15, 0.2) is 52.6 Å². The van der Waals surface area contributed by atoms with Gasteiger partial charge >= 0.3 is 0 Å². The van der Waals surface area contributed by atoms with Crippen molar-refractivity contribution in [1.29, 1.82) is 0 Å². The van der Waals surface area contributed by atoms with Gasteiger partial charge in [0.1, 0.15) is 0 Å². The molecule has 2 heterocycles. The Morgan fingerprint density at radius 2 is 2.00 bits per heavy atom. The van der Waals surface area contributed by atoms with Crippen molar-refractivity contribution in [2.75, 3.05) is 6.26 Å². The van der Waals surface area contributed by atoms with Crippen molar-refractivity contribution in [2.45, 2.75) is 4.90 Å². The van der Waals surface area contributed by atoms with E-state index in [1.54, 1.807) is 6.20 Å². The monoisotopic (exact) mass is 214 g/mol. The van der Waals surface area contributed by atoms with Crippen molar-refractivity contribution in [3.05, 3.63) is 52.6 Å². The molecule has 3 heteroatoms. The van der Waals surface area contributed by atoms with Gasteiger partial charge in [-0.05, 0) is 24.5 Å². The van der Waals surface area contributed by atoms with Crippen LogP contribution in [0.5, 0.6) is 0 Å². The molecule has 74 valence electrons. The maximum Gasteiger partial charge on any atom is 0.0799 e. The Hall–Kier alpha value is -1.48. The lowest BCUT2D eigenvalue weighted by Crippen LogP contribution is -2.05. The van der Waals surface area contributed by atoms with Gasteiger partial charge in [-0.1, -0.05) is 12.1 Å². The minimum absolute atomic E-state index is 0.104. The number of pyridine rings is 1. The number of benzene rings is 1. The highest BCUT2D eigenvalue weighted by atomic mass is 32.2. The van der Waals surface area contributed by atoms with Crippen LogP contribution >= 0.6 is 10.5 Å². The fourth-order valence-electron chi connectivity index (χ4n) is 1.76. The van der Waals surface area contributed by atoms with Gasteiger partial charge in [0.15, 0.2) is 0 Å². The summed E-state index contributed by atoms with van der Waals surface area (Å²) in [5.41, 5.74) is 1.06. The third-order valence-corrected chi connectivity index (χ3v) is 4.51. The molecular formula is C12H10N2S. The van der Waals surface area contributed by atoms with Crippen molar-refractivity contribution in [1.82, 2.24) is 4.98 Å². The van der Waals surface area contributed by atoms with Crippen molar-refractivity contribution in [2.24, 2.45) is 4.99 Å². The number of para-hydroxylation sites is 1. The lowest BCUT2D eigenvalue weighted by Gasteiger charge is -2.11. The van der Waals surface area contributed by atoms with E-state index in [9.17, 15) is 0 Å². The quantitative estimate of drug-likeness (QED) is 0.619. The smallest absolute Gasteiger partial charge is 0.0799 e. The molecule has 0 saturated carbocycles. The third-order valence-electron chi connectivity index (χ3n) is 2.53. The zero-order valence-corrected chi connectivity index (χ0v) is 9.16. The Kier molecular flexibility index (Phi) is 1.92. The molecule has 0 bridgehead atoms. The van der Waals surface area contributed by atoms with Crippen LogP contribution in [-0.2, 0) is 0 Å². The zero-order chi connectivity index (χ0) is 10.3. The summed E-state index contributed by atoms with van der Waals surface area (Å²) in [4.78, 5) is 10.0. The van der Waals surface area contributed by atoms with E-state index in [0.29, 0.717) is 0 Å². The predicted octanol–water partition coefficient (Wildman–Crippen LogP) is 2.55. The van der Waals surface area contributed by atoms with E-state index in [-0.39, 0.29) is 10.5 Å².